The van der Waals surface area contributed by atoms with Gasteiger partial charge in [0.05, 0.1) is 16.1 Å². The summed E-state index contributed by atoms with van der Waals surface area (Å²) in [5, 5.41) is 11.4. The normalized spacial score (nSPS) is 9.83. The summed E-state index contributed by atoms with van der Waals surface area (Å²) in [7, 11) is 0. The van der Waals surface area contributed by atoms with Gasteiger partial charge in [-0.05, 0) is 23.8 Å². The van der Waals surface area contributed by atoms with E-state index >= 15 is 0 Å². The van der Waals surface area contributed by atoms with E-state index in [9.17, 15) is 10.1 Å². The molecule has 0 amide bonds. The summed E-state index contributed by atoms with van der Waals surface area (Å²) in [5.74, 6) is 5.83. The minimum absolute atomic E-state index is 0.0190. The van der Waals surface area contributed by atoms with Gasteiger partial charge in [-0.1, -0.05) is 42.2 Å². The molecule has 24 heavy (non-hydrogen) atoms. The molecule has 3 rings (SSSR count). The zero-order valence-electron chi connectivity index (χ0n) is 12.6. The number of rotatable bonds is 2. The lowest BCUT2D eigenvalue weighted by Crippen LogP contribution is -1.97. The average molecular weight is 315 g/mol. The molecule has 2 N–H and O–H groups in total. The molecular weight excluding hydrogens is 302 g/mol. The lowest BCUT2D eigenvalue weighted by Gasteiger charge is -2.06. The van der Waals surface area contributed by atoms with Crippen LogP contribution in [0.25, 0.3) is 11.1 Å². The molecule has 0 saturated heterocycles. The van der Waals surface area contributed by atoms with Crippen LogP contribution in [-0.2, 0) is 0 Å². The third kappa shape index (κ3) is 3.23. The molecule has 0 aliphatic rings. The van der Waals surface area contributed by atoms with Crippen molar-refractivity contribution in [3.63, 3.8) is 0 Å². The fraction of sp³-hybridized carbons (Fsp3) is 0. The first-order chi connectivity index (χ1) is 11.6. The lowest BCUT2D eigenvalue weighted by molar-refractivity contribution is -0.384. The molecular formula is C19H13N3O2. The average Bonchev–Trinajstić information content (AvgIpc) is 2.62. The van der Waals surface area contributed by atoms with Crippen molar-refractivity contribution in [1.29, 1.82) is 0 Å². The van der Waals surface area contributed by atoms with Gasteiger partial charge in [0, 0.05) is 29.7 Å². The highest BCUT2D eigenvalue weighted by molar-refractivity contribution is 5.80. The number of hydrogen-bond donors (Lipinski definition) is 1. The van der Waals surface area contributed by atoms with Crippen LogP contribution in [0.5, 0.6) is 0 Å². The Bertz CT molecular complexity index is 943. The van der Waals surface area contributed by atoms with E-state index in [0.29, 0.717) is 16.8 Å². The Morgan fingerprint density at radius 2 is 1.71 bits per heavy atom. The molecule has 0 fully saturated rings. The molecule has 3 aromatic rings. The standard InChI is InChI=1S/C19H13N3O2/c20-18-13-17(15-4-2-1-3-5-15)19(22(23)24)12-16(18)7-6-14-8-10-21-11-9-14/h1-5,8-13H,20H2. The molecule has 2 aromatic carbocycles. The first kappa shape index (κ1) is 15.3. The molecule has 0 aliphatic carbocycles. The van der Waals surface area contributed by atoms with E-state index in [1.165, 1.54) is 6.07 Å². The first-order valence-corrected chi connectivity index (χ1v) is 7.20. The van der Waals surface area contributed by atoms with Crippen LogP contribution in [0, 0.1) is 22.0 Å². The molecule has 0 radical (unpaired) electrons. The van der Waals surface area contributed by atoms with E-state index < -0.39 is 4.92 Å². The number of nitro groups is 1. The van der Waals surface area contributed by atoms with E-state index in [2.05, 4.69) is 16.8 Å². The largest absolute Gasteiger partial charge is 0.398 e. The summed E-state index contributed by atoms with van der Waals surface area (Å²) >= 11 is 0. The fourth-order valence-corrected chi connectivity index (χ4v) is 2.29. The van der Waals surface area contributed by atoms with Crippen molar-refractivity contribution in [3.8, 4) is 23.0 Å². The number of nitro benzene ring substituents is 1. The number of nitrogen functional groups attached to an aromatic ring is 1. The number of nitrogens with zero attached hydrogens (tertiary/aromatic N) is 2. The monoisotopic (exact) mass is 315 g/mol. The molecule has 0 spiro atoms. The van der Waals surface area contributed by atoms with Crippen molar-refractivity contribution in [2.45, 2.75) is 0 Å². The van der Waals surface area contributed by atoms with Crippen molar-refractivity contribution in [1.82, 2.24) is 4.98 Å². The van der Waals surface area contributed by atoms with Gasteiger partial charge in [0.1, 0.15) is 0 Å². The van der Waals surface area contributed by atoms with E-state index in [1.807, 2.05) is 30.3 Å². The predicted molar refractivity (Wildman–Crippen MR) is 93.2 cm³/mol. The second-order valence-electron chi connectivity index (χ2n) is 5.07. The molecule has 5 nitrogen and oxygen atoms in total. The van der Waals surface area contributed by atoms with Crippen LogP contribution >= 0.6 is 0 Å². The molecule has 0 bridgehead atoms. The highest BCUT2D eigenvalue weighted by Crippen LogP contribution is 2.33. The molecule has 1 aromatic heterocycles. The van der Waals surface area contributed by atoms with Gasteiger partial charge in [0.2, 0.25) is 0 Å². The summed E-state index contributed by atoms with van der Waals surface area (Å²) in [5.41, 5.74) is 8.85. The molecule has 0 saturated carbocycles. The molecule has 116 valence electrons. The summed E-state index contributed by atoms with van der Waals surface area (Å²) in [4.78, 5) is 14.9. The van der Waals surface area contributed by atoms with Gasteiger partial charge in [-0.3, -0.25) is 15.1 Å². The number of aromatic nitrogens is 1. The van der Waals surface area contributed by atoms with Crippen LogP contribution in [0.2, 0.25) is 0 Å². The van der Waals surface area contributed by atoms with E-state index in [0.717, 1.165) is 11.1 Å². The molecule has 0 unspecified atom stereocenters. The number of pyridine rings is 1. The lowest BCUT2D eigenvalue weighted by atomic mass is 10.00. The third-order valence-corrected chi connectivity index (χ3v) is 3.47. The summed E-state index contributed by atoms with van der Waals surface area (Å²) in [6, 6.07) is 15.7. The van der Waals surface area contributed by atoms with Crippen LogP contribution in [0.15, 0.2) is 67.0 Å². The Hall–Kier alpha value is -3.65. The van der Waals surface area contributed by atoms with Crippen LogP contribution in [0.4, 0.5) is 11.4 Å². The Balaban J connectivity index is 2.09. The first-order valence-electron chi connectivity index (χ1n) is 7.20. The predicted octanol–water partition coefficient (Wildman–Crippen LogP) is 3.64. The van der Waals surface area contributed by atoms with Crippen LogP contribution in [0.3, 0.4) is 0 Å². The maximum Gasteiger partial charge on any atom is 0.278 e. The number of hydrogen-bond acceptors (Lipinski definition) is 4. The molecule has 1 heterocycles. The molecule has 0 aliphatic heterocycles. The molecule has 0 atom stereocenters. The van der Waals surface area contributed by atoms with Crippen molar-refractivity contribution in [3.05, 3.63) is 88.2 Å². The Morgan fingerprint density at radius 1 is 1.00 bits per heavy atom. The number of anilines is 1. The van der Waals surface area contributed by atoms with Crippen LogP contribution in [0.1, 0.15) is 11.1 Å². The van der Waals surface area contributed by atoms with Gasteiger partial charge >= 0.3 is 0 Å². The maximum atomic E-state index is 11.4. The number of nitrogens with two attached hydrogens (primary N) is 1. The Kier molecular flexibility index (Phi) is 4.21. The van der Waals surface area contributed by atoms with Gasteiger partial charge in [0.15, 0.2) is 0 Å². The van der Waals surface area contributed by atoms with Crippen LogP contribution < -0.4 is 5.73 Å². The van der Waals surface area contributed by atoms with Gasteiger partial charge in [0.25, 0.3) is 5.69 Å². The highest BCUT2D eigenvalue weighted by Gasteiger charge is 2.17. The van der Waals surface area contributed by atoms with Crippen LogP contribution in [-0.4, -0.2) is 9.91 Å². The van der Waals surface area contributed by atoms with Gasteiger partial charge < -0.3 is 5.73 Å². The second kappa shape index (κ2) is 6.63. The SMILES string of the molecule is Nc1cc(-c2ccccc2)c([N+](=O)[O-])cc1C#Cc1ccncc1. The van der Waals surface area contributed by atoms with E-state index in [-0.39, 0.29) is 5.69 Å². The van der Waals surface area contributed by atoms with Gasteiger partial charge in [-0.25, -0.2) is 0 Å². The maximum absolute atomic E-state index is 11.4. The Labute approximate surface area is 138 Å². The summed E-state index contributed by atoms with van der Waals surface area (Å²) in [6.07, 6.45) is 3.27. The van der Waals surface area contributed by atoms with Crippen molar-refractivity contribution < 1.29 is 4.92 Å². The van der Waals surface area contributed by atoms with Crippen molar-refractivity contribution >= 4 is 11.4 Å². The fourth-order valence-electron chi connectivity index (χ4n) is 2.29. The second-order valence-corrected chi connectivity index (χ2v) is 5.07. The van der Waals surface area contributed by atoms with Crippen molar-refractivity contribution in [2.24, 2.45) is 0 Å². The summed E-state index contributed by atoms with van der Waals surface area (Å²) < 4.78 is 0. The minimum Gasteiger partial charge on any atom is -0.398 e. The summed E-state index contributed by atoms with van der Waals surface area (Å²) in [6.45, 7) is 0. The third-order valence-electron chi connectivity index (χ3n) is 3.47. The van der Waals surface area contributed by atoms with Crippen molar-refractivity contribution in [2.75, 3.05) is 5.73 Å². The Morgan fingerprint density at radius 3 is 2.38 bits per heavy atom. The van der Waals surface area contributed by atoms with Gasteiger partial charge in [-0.15, -0.1) is 0 Å². The zero-order chi connectivity index (χ0) is 16.9. The number of benzene rings is 2. The topological polar surface area (TPSA) is 82.0 Å². The minimum atomic E-state index is -0.417. The van der Waals surface area contributed by atoms with E-state index in [1.54, 1.807) is 30.6 Å². The highest BCUT2D eigenvalue weighted by atomic mass is 16.6. The van der Waals surface area contributed by atoms with Gasteiger partial charge in [-0.2, -0.15) is 0 Å². The van der Waals surface area contributed by atoms with E-state index in [4.69, 9.17) is 5.73 Å². The molecule has 5 heteroatoms. The quantitative estimate of drug-likeness (QED) is 0.339. The smallest absolute Gasteiger partial charge is 0.278 e. The zero-order valence-corrected chi connectivity index (χ0v) is 12.6.